The highest BCUT2D eigenvalue weighted by Crippen LogP contribution is 2.20. The van der Waals surface area contributed by atoms with Crippen molar-refractivity contribution in [2.45, 2.75) is 50.8 Å². The van der Waals surface area contributed by atoms with Crippen molar-refractivity contribution < 1.29 is 14.7 Å². The van der Waals surface area contributed by atoms with Gasteiger partial charge in [0.05, 0.1) is 12.1 Å². The summed E-state index contributed by atoms with van der Waals surface area (Å²) in [6, 6.07) is -0.487. The van der Waals surface area contributed by atoms with Crippen LogP contribution in [0.4, 0.5) is 0 Å². The molecule has 0 aromatic heterocycles. The van der Waals surface area contributed by atoms with Crippen LogP contribution in [0.15, 0.2) is 0 Å². The van der Waals surface area contributed by atoms with Crippen molar-refractivity contribution in [1.82, 2.24) is 15.5 Å². The van der Waals surface area contributed by atoms with E-state index in [1.54, 1.807) is 11.8 Å². The fraction of sp³-hybridized carbons (Fsp3) is 0.846. The van der Waals surface area contributed by atoms with Crippen molar-refractivity contribution in [2.24, 2.45) is 0 Å². The summed E-state index contributed by atoms with van der Waals surface area (Å²) >= 11 is 0. The molecule has 0 bridgehead atoms. The second-order valence-corrected chi connectivity index (χ2v) is 5.43. The Morgan fingerprint density at radius 2 is 2.21 bits per heavy atom. The lowest BCUT2D eigenvalue weighted by Gasteiger charge is -2.26. The van der Waals surface area contributed by atoms with E-state index >= 15 is 0 Å². The van der Waals surface area contributed by atoms with E-state index in [1.165, 1.54) is 0 Å². The maximum absolute atomic E-state index is 12.3. The van der Waals surface area contributed by atoms with Crippen molar-refractivity contribution in [1.29, 1.82) is 0 Å². The van der Waals surface area contributed by atoms with Crippen molar-refractivity contribution in [3.05, 3.63) is 0 Å². The standard InChI is InChI=1S/C13H23N3O3/c1-9(17)8-15-12(18)11-5-3-7-16(11)13(19)10-4-2-6-14-10/h9-11,14,17H,2-8H2,1H3,(H,15,18). The lowest BCUT2D eigenvalue weighted by molar-refractivity contribution is -0.139. The summed E-state index contributed by atoms with van der Waals surface area (Å²) in [4.78, 5) is 26.1. The van der Waals surface area contributed by atoms with E-state index in [0.29, 0.717) is 13.0 Å². The molecule has 0 radical (unpaired) electrons. The molecule has 19 heavy (non-hydrogen) atoms. The van der Waals surface area contributed by atoms with Crippen LogP contribution in [0.5, 0.6) is 0 Å². The molecule has 0 spiro atoms. The summed E-state index contributed by atoms with van der Waals surface area (Å²) in [5.74, 6) is -0.100. The third-order valence-corrected chi connectivity index (χ3v) is 3.77. The minimum Gasteiger partial charge on any atom is -0.392 e. The summed E-state index contributed by atoms with van der Waals surface area (Å²) in [5, 5.41) is 15.1. The Hall–Kier alpha value is -1.14. The van der Waals surface area contributed by atoms with Gasteiger partial charge in [0.1, 0.15) is 6.04 Å². The van der Waals surface area contributed by atoms with E-state index in [4.69, 9.17) is 0 Å². The molecule has 2 amide bonds. The topological polar surface area (TPSA) is 81.7 Å². The van der Waals surface area contributed by atoms with Crippen LogP contribution in [0, 0.1) is 0 Å². The van der Waals surface area contributed by atoms with Gasteiger partial charge in [-0.2, -0.15) is 0 Å². The van der Waals surface area contributed by atoms with Crippen molar-refractivity contribution in [2.75, 3.05) is 19.6 Å². The maximum atomic E-state index is 12.3. The van der Waals surface area contributed by atoms with Crippen molar-refractivity contribution >= 4 is 11.8 Å². The molecular weight excluding hydrogens is 246 g/mol. The summed E-state index contributed by atoms with van der Waals surface area (Å²) in [6.45, 7) is 3.40. The molecule has 0 aromatic carbocycles. The number of hydrogen-bond acceptors (Lipinski definition) is 4. The zero-order chi connectivity index (χ0) is 13.8. The Labute approximate surface area is 113 Å². The number of amides is 2. The first kappa shape index (κ1) is 14.3. The normalized spacial score (nSPS) is 28.4. The molecule has 2 heterocycles. The van der Waals surface area contributed by atoms with Crippen LogP contribution in [-0.4, -0.2) is 59.6 Å². The van der Waals surface area contributed by atoms with Gasteiger partial charge < -0.3 is 20.6 Å². The lowest BCUT2D eigenvalue weighted by atomic mass is 10.1. The molecule has 2 saturated heterocycles. The van der Waals surface area contributed by atoms with Crippen LogP contribution < -0.4 is 10.6 Å². The van der Waals surface area contributed by atoms with E-state index in [0.717, 1.165) is 25.8 Å². The van der Waals surface area contributed by atoms with Crippen LogP contribution in [0.1, 0.15) is 32.6 Å². The first-order valence-corrected chi connectivity index (χ1v) is 7.09. The smallest absolute Gasteiger partial charge is 0.242 e. The Kier molecular flexibility index (Phi) is 4.76. The number of aliphatic hydroxyl groups excluding tert-OH is 1. The molecule has 2 fully saturated rings. The molecule has 2 aliphatic rings. The highest BCUT2D eigenvalue weighted by Gasteiger charge is 2.37. The van der Waals surface area contributed by atoms with Crippen molar-refractivity contribution in [3.63, 3.8) is 0 Å². The number of rotatable bonds is 4. The highest BCUT2D eigenvalue weighted by atomic mass is 16.3. The number of nitrogens with zero attached hydrogens (tertiary/aromatic N) is 1. The molecule has 3 N–H and O–H groups in total. The first-order chi connectivity index (χ1) is 9.09. The zero-order valence-electron chi connectivity index (χ0n) is 11.4. The molecule has 2 rings (SSSR count). The van der Waals surface area contributed by atoms with Crippen LogP contribution in [-0.2, 0) is 9.59 Å². The molecule has 6 heteroatoms. The molecule has 3 unspecified atom stereocenters. The Morgan fingerprint density at radius 3 is 2.84 bits per heavy atom. The van der Waals surface area contributed by atoms with Crippen LogP contribution in [0.25, 0.3) is 0 Å². The third-order valence-electron chi connectivity index (χ3n) is 3.77. The summed E-state index contributed by atoms with van der Waals surface area (Å²) in [6.07, 6.45) is 2.89. The highest BCUT2D eigenvalue weighted by molar-refractivity contribution is 5.90. The second kappa shape index (κ2) is 6.34. The van der Waals surface area contributed by atoms with Crippen molar-refractivity contribution in [3.8, 4) is 0 Å². The predicted molar refractivity (Wildman–Crippen MR) is 70.5 cm³/mol. The summed E-state index contributed by atoms with van der Waals surface area (Å²) in [5.41, 5.74) is 0. The predicted octanol–water partition coefficient (Wildman–Crippen LogP) is -0.774. The van der Waals surface area contributed by atoms with Gasteiger partial charge in [0.2, 0.25) is 11.8 Å². The van der Waals surface area contributed by atoms with Gasteiger partial charge in [0, 0.05) is 13.1 Å². The Morgan fingerprint density at radius 1 is 1.42 bits per heavy atom. The van der Waals surface area contributed by atoms with Gasteiger partial charge in [0.25, 0.3) is 0 Å². The molecular formula is C13H23N3O3. The van der Waals surface area contributed by atoms with Gasteiger partial charge >= 0.3 is 0 Å². The largest absolute Gasteiger partial charge is 0.392 e. The van der Waals surface area contributed by atoms with Gasteiger partial charge in [-0.25, -0.2) is 0 Å². The van der Waals surface area contributed by atoms with Crippen LogP contribution in [0.2, 0.25) is 0 Å². The van der Waals surface area contributed by atoms with Gasteiger partial charge in [0.15, 0.2) is 0 Å². The molecule has 108 valence electrons. The molecule has 6 nitrogen and oxygen atoms in total. The monoisotopic (exact) mass is 269 g/mol. The fourth-order valence-corrected chi connectivity index (χ4v) is 2.76. The molecule has 0 aromatic rings. The van der Waals surface area contributed by atoms with Crippen LogP contribution >= 0.6 is 0 Å². The van der Waals surface area contributed by atoms with Crippen LogP contribution in [0.3, 0.4) is 0 Å². The average molecular weight is 269 g/mol. The average Bonchev–Trinajstić information content (AvgIpc) is 3.05. The quantitative estimate of drug-likeness (QED) is 0.626. The van der Waals surface area contributed by atoms with E-state index in [9.17, 15) is 14.7 Å². The fourth-order valence-electron chi connectivity index (χ4n) is 2.76. The number of nitrogens with one attached hydrogen (secondary N) is 2. The number of carbonyl (C=O) groups is 2. The van der Waals surface area contributed by atoms with Gasteiger partial charge in [-0.1, -0.05) is 0 Å². The zero-order valence-corrected chi connectivity index (χ0v) is 11.4. The van der Waals surface area contributed by atoms with E-state index in [2.05, 4.69) is 10.6 Å². The number of hydrogen-bond donors (Lipinski definition) is 3. The SMILES string of the molecule is CC(O)CNC(=O)C1CCCN1C(=O)C1CCCN1. The minimum absolute atomic E-state index is 0.0483. The molecule has 0 saturated carbocycles. The van der Waals surface area contributed by atoms with E-state index in [1.807, 2.05) is 0 Å². The second-order valence-electron chi connectivity index (χ2n) is 5.43. The van der Waals surface area contributed by atoms with Gasteiger partial charge in [-0.05, 0) is 39.2 Å². The van der Waals surface area contributed by atoms with Gasteiger partial charge in [-0.3, -0.25) is 9.59 Å². The third kappa shape index (κ3) is 3.45. The minimum atomic E-state index is -0.564. The van der Waals surface area contributed by atoms with Gasteiger partial charge in [-0.15, -0.1) is 0 Å². The van der Waals surface area contributed by atoms with E-state index in [-0.39, 0.29) is 30.4 Å². The summed E-state index contributed by atoms with van der Waals surface area (Å²) < 4.78 is 0. The molecule has 3 atom stereocenters. The lowest BCUT2D eigenvalue weighted by Crippen LogP contribution is -2.51. The van der Waals surface area contributed by atoms with E-state index < -0.39 is 6.10 Å². The summed E-state index contributed by atoms with van der Waals surface area (Å²) in [7, 11) is 0. The molecule has 2 aliphatic heterocycles. The number of carbonyl (C=O) groups excluding carboxylic acids is 2. The number of aliphatic hydroxyl groups is 1. The first-order valence-electron chi connectivity index (χ1n) is 7.09. The Bertz CT molecular complexity index is 340. The molecule has 0 aliphatic carbocycles. The number of likely N-dealkylation sites (tertiary alicyclic amines) is 1. The Balaban J connectivity index is 1.92. The maximum Gasteiger partial charge on any atom is 0.242 e.